The minimum absolute atomic E-state index is 0.0767. The molecule has 3 atom stereocenters. The number of rotatable bonds is 10. The molecular weight excluding hydrogens is 384 g/mol. The SMILES string of the molecule is CC[C@H](C)[C@@H](NC(=O)OCc1ccccc1)C(=O)N[C@@H](Cc1ccccc1)C(=O)O. The van der Waals surface area contributed by atoms with Crippen LogP contribution in [0.3, 0.4) is 0 Å². The minimum Gasteiger partial charge on any atom is -0.480 e. The number of amides is 2. The Morgan fingerprint density at radius 3 is 2.03 bits per heavy atom. The molecule has 7 heteroatoms. The number of nitrogens with one attached hydrogen (secondary N) is 2. The lowest BCUT2D eigenvalue weighted by atomic mass is 9.97. The van der Waals surface area contributed by atoms with Gasteiger partial charge in [-0.1, -0.05) is 80.9 Å². The lowest BCUT2D eigenvalue weighted by molar-refractivity contribution is -0.142. The van der Waals surface area contributed by atoms with Crippen LogP contribution in [0.1, 0.15) is 31.4 Å². The maximum Gasteiger partial charge on any atom is 0.408 e. The van der Waals surface area contributed by atoms with Gasteiger partial charge in [0.1, 0.15) is 18.7 Å². The zero-order valence-corrected chi connectivity index (χ0v) is 17.2. The second-order valence-electron chi connectivity index (χ2n) is 7.16. The van der Waals surface area contributed by atoms with Gasteiger partial charge in [-0.15, -0.1) is 0 Å². The molecule has 0 unspecified atom stereocenters. The van der Waals surface area contributed by atoms with Crippen molar-refractivity contribution in [2.75, 3.05) is 0 Å². The quantitative estimate of drug-likeness (QED) is 0.556. The Labute approximate surface area is 176 Å². The number of carboxylic acids is 1. The number of carbonyl (C=O) groups excluding carboxylic acids is 2. The Hall–Kier alpha value is -3.35. The van der Waals surface area contributed by atoms with Gasteiger partial charge in [0.05, 0.1) is 0 Å². The summed E-state index contributed by atoms with van der Waals surface area (Å²) in [6, 6.07) is 16.2. The van der Waals surface area contributed by atoms with Crippen LogP contribution < -0.4 is 10.6 Å². The lowest BCUT2D eigenvalue weighted by Crippen LogP contribution is -2.54. The number of benzene rings is 2. The highest BCUT2D eigenvalue weighted by Gasteiger charge is 2.30. The zero-order chi connectivity index (χ0) is 21.9. The zero-order valence-electron chi connectivity index (χ0n) is 17.2. The molecule has 2 rings (SSSR count). The van der Waals surface area contributed by atoms with Crippen molar-refractivity contribution in [2.24, 2.45) is 5.92 Å². The molecule has 3 N–H and O–H groups in total. The standard InChI is InChI=1S/C23H28N2O5/c1-3-16(2)20(25-23(29)30-15-18-12-8-5-9-13-18)21(26)24-19(22(27)28)14-17-10-6-4-7-11-17/h4-13,16,19-20H,3,14-15H2,1-2H3,(H,24,26)(H,25,29)(H,27,28)/t16-,19-,20+/m0/s1. The Balaban J connectivity index is 2.00. The van der Waals surface area contributed by atoms with E-state index in [0.29, 0.717) is 6.42 Å². The van der Waals surface area contributed by atoms with E-state index in [1.165, 1.54) is 0 Å². The third-order valence-electron chi connectivity index (χ3n) is 4.88. The van der Waals surface area contributed by atoms with Gasteiger partial charge in [0.25, 0.3) is 0 Å². The first-order valence-electron chi connectivity index (χ1n) is 9.95. The Morgan fingerprint density at radius 1 is 0.933 bits per heavy atom. The molecule has 160 valence electrons. The summed E-state index contributed by atoms with van der Waals surface area (Å²) in [7, 11) is 0. The van der Waals surface area contributed by atoms with Gasteiger partial charge >= 0.3 is 12.1 Å². The molecule has 0 radical (unpaired) electrons. The van der Waals surface area contributed by atoms with Crippen molar-refractivity contribution in [3.63, 3.8) is 0 Å². The summed E-state index contributed by atoms with van der Waals surface area (Å²) in [6.07, 6.45) is 0.0374. The van der Waals surface area contributed by atoms with Gasteiger partial charge in [0, 0.05) is 6.42 Å². The Morgan fingerprint density at radius 2 is 1.50 bits per heavy atom. The Kier molecular flexibility index (Phi) is 8.87. The van der Waals surface area contributed by atoms with E-state index in [-0.39, 0.29) is 18.9 Å². The molecule has 0 heterocycles. The molecule has 0 aliphatic heterocycles. The molecule has 0 saturated heterocycles. The van der Waals surface area contributed by atoms with Crippen LogP contribution in [0, 0.1) is 5.92 Å². The first kappa shape index (κ1) is 22.9. The molecule has 0 saturated carbocycles. The number of hydrogen-bond donors (Lipinski definition) is 3. The van der Waals surface area contributed by atoms with E-state index < -0.39 is 30.1 Å². The third kappa shape index (κ3) is 7.24. The van der Waals surface area contributed by atoms with Gasteiger partial charge in [-0.25, -0.2) is 9.59 Å². The van der Waals surface area contributed by atoms with E-state index in [1.54, 1.807) is 12.1 Å². The molecule has 2 aromatic rings. The molecule has 7 nitrogen and oxygen atoms in total. The highest BCUT2D eigenvalue weighted by molar-refractivity contribution is 5.89. The van der Waals surface area contributed by atoms with Crippen molar-refractivity contribution in [3.8, 4) is 0 Å². The smallest absolute Gasteiger partial charge is 0.408 e. The van der Waals surface area contributed by atoms with Crippen LogP contribution in [0.5, 0.6) is 0 Å². The van der Waals surface area contributed by atoms with E-state index in [4.69, 9.17) is 4.74 Å². The highest BCUT2D eigenvalue weighted by Crippen LogP contribution is 2.11. The van der Waals surface area contributed by atoms with Crippen molar-refractivity contribution in [1.29, 1.82) is 0 Å². The summed E-state index contributed by atoms with van der Waals surface area (Å²) in [4.78, 5) is 36.7. The van der Waals surface area contributed by atoms with Crippen LogP contribution in [0.15, 0.2) is 60.7 Å². The highest BCUT2D eigenvalue weighted by atomic mass is 16.5. The molecule has 0 fully saturated rings. The van der Waals surface area contributed by atoms with E-state index in [0.717, 1.165) is 11.1 Å². The summed E-state index contributed by atoms with van der Waals surface area (Å²) < 4.78 is 5.21. The van der Waals surface area contributed by atoms with Crippen LogP contribution in [-0.2, 0) is 27.4 Å². The van der Waals surface area contributed by atoms with Crippen molar-refractivity contribution in [2.45, 2.75) is 45.4 Å². The first-order chi connectivity index (χ1) is 14.4. The monoisotopic (exact) mass is 412 g/mol. The van der Waals surface area contributed by atoms with E-state index in [9.17, 15) is 19.5 Å². The molecule has 0 aromatic heterocycles. The predicted octanol–water partition coefficient (Wildman–Crippen LogP) is 3.14. The summed E-state index contributed by atoms with van der Waals surface area (Å²) in [5, 5.41) is 14.7. The van der Waals surface area contributed by atoms with Crippen LogP contribution in [0.25, 0.3) is 0 Å². The topological polar surface area (TPSA) is 105 Å². The average molecular weight is 412 g/mol. The number of carbonyl (C=O) groups is 3. The molecular formula is C23H28N2O5. The number of ether oxygens (including phenoxy) is 1. The summed E-state index contributed by atoms with van der Waals surface area (Å²) >= 11 is 0. The van der Waals surface area contributed by atoms with Crippen molar-refractivity contribution in [3.05, 3.63) is 71.8 Å². The fraction of sp³-hybridized carbons (Fsp3) is 0.348. The second-order valence-corrected chi connectivity index (χ2v) is 7.16. The molecule has 0 spiro atoms. The van der Waals surface area contributed by atoms with Crippen LogP contribution in [0.2, 0.25) is 0 Å². The predicted molar refractivity (Wildman–Crippen MR) is 113 cm³/mol. The first-order valence-corrected chi connectivity index (χ1v) is 9.95. The summed E-state index contributed by atoms with van der Waals surface area (Å²) in [5.41, 5.74) is 1.62. The van der Waals surface area contributed by atoms with Gasteiger partial charge < -0.3 is 20.5 Å². The summed E-state index contributed by atoms with van der Waals surface area (Å²) in [5.74, 6) is -1.90. The fourth-order valence-electron chi connectivity index (χ4n) is 2.91. The van der Waals surface area contributed by atoms with Crippen LogP contribution in [0.4, 0.5) is 4.79 Å². The molecule has 2 amide bonds. The van der Waals surface area contributed by atoms with Gasteiger partial charge in [-0.05, 0) is 17.0 Å². The van der Waals surface area contributed by atoms with Crippen molar-refractivity contribution >= 4 is 18.0 Å². The van der Waals surface area contributed by atoms with Gasteiger partial charge in [0.2, 0.25) is 5.91 Å². The molecule has 2 aromatic carbocycles. The number of hydrogen-bond acceptors (Lipinski definition) is 4. The van der Waals surface area contributed by atoms with Gasteiger partial charge in [-0.3, -0.25) is 4.79 Å². The fourth-order valence-corrected chi connectivity index (χ4v) is 2.91. The third-order valence-corrected chi connectivity index (χ3v) is 4.88. The second kappa shape index (κ2) is 11.6. The summed E-state index contributed by atoms with van der Waals surface area (Å²) in [6.45, 7) is 3.78. The number of carboxylic acid groups (broad SMARTS) is 1. The van der Waals surface area contributed by atoms with E-state index in [2.05, 4.69) is 10.6 Å². The van der Waals surface area contributed by atoms with Crippen molar-refractivity contribution in [1.82, 2.24) is 10.6 Å². The molecule has 0 aliphatic rings. The lowest BCUT2D eigenvalue weighted by Gasteiger charge is -2.25. The normalized spacial score (nSPS) is 13.5. The van der Waals surface area contributed by atoms with Crippen LogP contribution >= 0.6 is 0 Å². The van der Waals surface area contributed by atoms with Gasteiger partial charge in [0.15, 0.2) is 0 Å². The van der Waals surface area contributed by atoms with Crippen molar-refractivity contribution < 1.29 is 24.2 Å². The van der Waals surface area contributed by atoms with Gasteiger partial charge in [-0.2, -0.15) is 0 Å². The maximum atomic E-state index is 12.8. The molecule has 0 aliphatic carbocycles. The molecule has 0 bridgehead atoms. The maximum absolute atomic E-state index is 12.8. The number of alkyl carbamates (subject to hydrolysis) is 1. The van der Waals surface area contributed by atoms with E-state index in [1.807, 2.05) is 62.4 Å². The molecule has 30 heavy (non-hydrogen) atoms. The Bertz CT molecular complexity index is 826. The van der Waals surface area contributed by atoms with Crippen LogP contribution in [-0.4, -0.2) is 35.2 Å². The minimum atomic E-state index is -1.14. The average Bonchev–Trinajstić information content (AvgIpc) is 2.76. The largest absolute Gasteiger partial charge is 0.480 e. The van der Waals surface area contributed by atoms with E-state index >= 15 is 0 Å². The number of aliphatic carboxylic acids is 1.